The maximum atomic E-state index is 4.36. The molecule has 72 valence electrons. The van der Waals surface area contributed by atoms with E-state index in [-0.39, 0.29) is 0 Å². The van der Waals surface area contributed by atoms with E-state index in [1.54, 1.807) is 0 Å². The number of pyridine rings is 1. The molecule has 1 aromatic heterocycles. The molecule has 0 fully saturated rings. The van der Waals surface area contributed by atoms with Crippen LogP contribution in [-0.4, -0.2) is 4.98 Å². The van der Waals surface area contributed by atoms with Crippen LogP contribution in [0.4, 0.5) is 0 Å². The van der Waals surface area contributed by atoms with E-state index < -0.39 is 0 Å². The van der Waals surface area contributed by atoms with Gasteiger partial charge in [-0.15, -0.1) is 0 Å². The van der Waals surface area contributed by atoms with Crippen LogP contribution >= 0.6 is 15.9 Å². The van der Waals surface area contributed by atoms with Crippen molar-refractivity contribution >= 4 is 26.8 Å². The topological polar surface area (TPSA) is 12.9 Å². The van der Waals surface area contributed by atoms with E-state index in [0.717, 1.165) is 9.99 Å². The second-order valence-corrected chi connectivity index (χ2v) is 4.58. The molecule has 0 aliphatic rings. The largest absolute Gasteiger partial charge is 0.256 e. The van der Waals surface area contributed by atoms with Gasteiger partial charge in [-0.05, 0) is 23.6 Å². The molecule has 0 amide bonds. The van der Waals surface area contributed by atoms with Gasteiger partial charge < -0.3 is 0 Å². The van der Waals surface area contributed by atoms with Crippen LogP contribution in [0.3, 0.4) is 0 Å². The minimum atomic E-state index is 0.556. The summed E-state index contributed by atoms with van der Waals surface area (Å²) in [5.74, 6) is 0.556. The molecule has 0 spiro atoms. The Morgan fingerprint density at radius 1 is 1.21 bits per heavy atom. The molecule has 0 radical (unpaired) electrons. The van der Waals surface area contributed by atoms with Crippen LogP contribution in [0.2, 0.25) is 0 Å². The fourth-order valence-corrected chi connectivity index (χ4v) is 1.94. The molecule has 0 N–H and O–H groups in total. The number of hydrogen-bond acceptors (Lipinski definition) is 1. The third-order valence-electron chi connectivity index (χ3n) is 2.38. The average Bonchev–Trinajstić information content (AvgIpc) is 2.17. The predicted octanol–water partition coefficient (Wildman–Crippen LogP) is 4.12. The zero-order valence-electron chi connectivity index (χ0n) is 8.29. The van der Waals surface area contributed by atoms with E-state index in [9.17, 15) is 0 Å². The molecule has 2 aromatic rings. The summed E-state index contributed by atoms with van der Waals surface area (Å²) >= 11 is 3.52. The van der Waals surface area contributed by atoms with Crippen LogP contribution in [0.15, 0.2) is 34.9 Å². The molecule has 2 heteroatoms. The van der Waals surface area contributed by atoms with E-state index in [0.29, 0.717) is 5.92 Å². The van der Waals surface area contributed by atoms with Crippen LogP contribution < -0.4 is 0 Å². The second-order valence-electron chi connectivity index (χ2n) is 3.72. The minimum Gasteiger partial charge on any atom is -0.256 e. The molecular weight excluding hydrogens is 238 g/mol. The zero-order chi connectivity index (χ0) is 10.1. The lowest BCUT2D eigenvalue weighted by Crippen LogP contribution is -1.88. The Bertz CT molecular complexity index is 463. The van der Waals surface area contributed by atoms with Crippen LogP contribution in [0.5, 0.6) is 0 Å². The average molecular weight is 250 g/mol. The van der Waals surface area contributed by atoms with Crippen LogP contribution in [0, 0.1) is 0 Å². The molecule has 0 atom stereocenters. The maximum absolute atomic E-state index is 4.36. The van der Waals surface area contributed by atoms with Gasteiger partial charge in [-0.25, -0.2) is 0 Å². The molecule has 14 heavy (non-hydrogen) atoms. The van der Waals surface area contributed by atoms with Crippen molar-refractivity contribution in [3.8, 4) is 0 Å². The highest BCUT2D eigenvalue weighted by atomic mass is 79.9. The minimum absolute atomic E-state index is 0.556. The van der Waals surface area contributed by atoms with Crippen molar-refractivity contribution in [3.63, 3.8) is 0 Å². The number of benzene rings is 1. The van der Waals surface area contributed by atoms with Gasteiger partial charge >= 0.3 is 0 Å². The van der Waals surface area contributed by atoms with E-state index in [1.165, 1.54) is 10.9 Å². The molecular formula is C12H12BrN. The smallest absolute Gasteiger partial charge is 0.0716 e. The van der Waals surface area contributed by atoms with Gasteiger partial charge in [0.15, 0.2) is 0 Å². The summed E-state index contributed by atoms with van der Waals surface area (Å²) < 4.78 is 1.11. The first-order valence-corrected chi connectivity index (χ1v) is 5.52. The number of fused-ring (bicyclic) bond motifs is 1. The van der Waals surface area contributed by atoms with Crippen molar-refractivity contribution in [3.05, 3.63) is 40.5 Å². The van der Waals surface area contributed by atoms with Gasteiger partial charge in [0.1, 0.15) is 0 Å². The monoisotopic (exact) mass is 249 g/mol. The SMILES string of the molecule is CC(C)c1ccc2c(Br)ccnc2c1. The first kappa shape index (κ1) is 9.66. The molecule has 0 bridgehead atoms. The number of hydrogen-bond donors (Lipinski definition) is 0. The Hall–Kier alpha value is -0.890. The fraction of sp³-hybridized carbons (Fsp3) is 0.250. The van der Waals surface area contributed by atoms with Gasteiger partial charge in [-0.3, -0.25) is 4.98 Å². The Morgan fingerprint density at radius 2 is 2.00 bits per heavy atom. The Kier molecular flexibility index (Phi) is 2.55. The molecule has 1 aromatic carbocycles. The fourth-order valence-electron chi connectivity index (χ4n) is 1.49. The van der Waals surface area contributed by atoms with Gasteiger partial charge in [0.05, 0.1) is 5.52 Å². The predicted molar refractivity (Wildman–Crippen MR) is 63.5 cm³/mol. The van der Waals surface area contributed by atoms with Crippen molar-refractivity contribution in [1.82, 2.24) is 4.98 Å². The van der Waals surface area contributed by atoms with Crippen molar-refractivity contribution < 1.29 is 0 Å². The lowest BCUT2D eigenvalue weighted by Gasteiger charge is -2.06. The second kappa shape index (κ2) is 3.70. The summed E-state index contributed by atoms with van der Waals surface area (Å²) in [6.45, 7) is 4.39. The van der Waals surface area contributed by atoms with Gasteiger partial charge in [0.2, 0.25) is 0 Å². The Balaban J connectivity index is 2.67. The van der Waals surface area contributed by atoms with Crippen LogP contribution in [0.25, 0.3) is 10.9 Å². The molecule has 2 rings (SSSR count). The molecule has 0 saturated heterocycles. The Morgan fingerprint density at radius 3 is 2.71 bits per heavy atom. The third-order valence-corrected chi connectivity index (χ3v) is 3.07. The van der Waals surface area contributed by atoms with Crippen LogP contribution in [0.1, 0.15) is 25.3 Å². The highest BCUT2D eigenvalue weighted by Crippen LogP contribution is 2.25. The summed E-state index contributed by atoms with van der Waals surface area (Å²) in [6, 6.07) is 8.42. The van der Waals surface area contributed by atoms with Crippen LogP contribution in [-0.2, 0) is 0 Å². The quantitative estimate of drug-likeness (QED) is 0.741. The summed E-state index contributed by atoms with van der Waals surface area (Å²) in [6.07, 6.45) is 1.83. The summed E-state index contributed by atoms with van der Waals surface area (Å²) in [5.41, 5.74) is 2.40. The summed E-state index contributed by atoms with van der Waals surface area (Å²) in [7, 11) is 0. The number of halogens is 1. The molecule has 1 heterocycles. The standard InChI is InChI=1S/C12H12BrN/c1-8(2)9-3-4-10-11(13)5-6-14-12(10)7-9/h3-8H,1-2H3. The molecule has 0 saturated carbocycles. The normalized spacial score (nSPS) is 11.1. The molecule has 0 unspecified atom stereocenters. The lowest BCUT2D eigenvalue weighted by atomic mass is 10.0. The lowest BCUT2D eigenvalue weighted by molar-refractivity contribution is 0.868. The van der Waals surface area contributed by atoms with Crippen molar-refractivity contribution in [2.75, 3.05) is 0 Å². The van der Waals surface area contributed by atoms with Gasteiger partial charge in [0.25, 0.3) is 0 Å². The summed E-state index contributed by atoms with van der Waals surface area (Å²) in [4.78, 5) is 4.36. The van der Waals surface area contributed by atoms with Crippen molar-refractivity contribution in [2.24, 2.45) is 0 Å². The first-order valence-electron chi connectivity index (χ1n) is 4.72. The highest BCUT2D eigenvalue weighted by molar-refractivity contribution is 9.10. The van der Waals surface area contributed by atoms with E-state index in [4.69, 9.17) is 0 Å². The van der Waals surface area contributed by atoms with Crippen molar-refractivity contribution in [1.29, 1.82) is 0 Å². The molecule has 0 aliphatic heterocycles. The maximum Gasteiger partial charge on any atom is 0.0716 e. The number of rotatable bonds is 1. The number of aromatic nitrogens is 1. The summed E-state index contributed by atoms with van der Waals surface area (Å²) in [5, 5.41) is 1.18. The van der Waals surface area contributed by atoms with E-state index in [1.807, 2.05) is 12.3 Å². The molecule has 1 nitrogen and oxygen atoms in total. The molecule has 0 aliphatic carbocycles. The van der Waals surface area contributed by atoms with Gasteiger partial charge in [-0.2, -0.15) is 0 Å². The third kappa shape index (κ3) is 1.67. The highest BCUT2D eigenvalue weighted by Gasteiger charge is 2.03. The Labute approximate surface area is 92.3 Å². The van der Waals surface area contributed by atoms with Crippen molar-refractivity contribution in [2.45, 2.75) is 19.8 Å². The van der Waals surface area contributed by atoms with Gasteiger partial charge in [0, 0.05) is 16.1 Å². The number of nitrogens with zero attached hydrogens (tertiary/aromatic N) is 1. The zero-order valence-corrected chi connectivity index (χ0v) is 9.88. The van der Waals surface area contributed by atoms with E-state index in [2.05, 4.69) is 53.0 Å². The van der Waals surface area contributed by atoms with E-state index >= 15 is 0 Å². The first-order chi connectivity index (χ1) is 6.68. The van der Waals surface area contributed by atoms with Gasteiger partial charge in [-0.1, -0.05) is 41.9 Å².